The van der Waals surface area contributed by atoms with E-state index in [1.807, 2.05) is 0 Å². The van der Waals surface area contributed by atoms with E-state index in [2.05, 4.69) is 11.8 Å². The minimum absolute atomic E-state index is 0.244. The summed E-state index contributed by atoms with van der Waals surface area (Å²) in [6, 6.07) is 0.244. The van der Waals surface area contributed by atoms with E-state index in [9.17, 15) is 4.79 Å². The van der Waals surface area contributed by atoms with Gasteiger partial charge in [-0.05, 0) is 39.3 Å². The Morgan fingerprint density at radius 1 is 0.950 bits per heavy atom. The third-order valence-corrected chi connectivity index (χ3v) is 4.63. The van der Waals surface area contributed by atoms with Crippen LogP contribution in [0, 0.1) is 0 Å². The van der Waals surface area contributed by atoms with Crippen molar-refractivity contribution in [1.29, 1.82) is 0 Å². The molecule has 1 rings (SSSR count). The van der Waals surface area contributed by atoms with Crippen LogP contribution in [0.25, 0.3) is 0 Å². The van der Waals surface area contributed by atoms with Gasteiger partial charge in [0.15, 0.2) is 0 Å². The Morgan fingerprint density at radius 3 is 2.05 bits per heavy atom. The third kappa shape index (κ3) is 7.42. The summed E-state index contributed by atoms with van der Waals surface area (Å²) < 4.78 is 0. The van der Waals surface area contributed by atoms with Crippen molar-refractivity contribution in [2.45, 2.75) is 96.9 Å². The summed E-state index contributed by atoms with van der Waals surface area (Å²) in [7, 11) is 0. The Hall–Kier alpha value is -0.370. The standard InChI is InChI=1S/C18H35NO/c1-3-4-5-6-7-8-9-10-11-12-15-19-16-13-14-18(19)17(2)20/h18H,3-16H2,1-2H3. The Morgan fingerprint density at radius 2 is 1.50 bits per heavy atom. The first-order valence-electron chi connectivity index (χ1n) is 9.00. The molecule has 1 saturated heterocycles. The van der Waals surface area contributed by atoms with Crippen molar-refractivity contribution in [3.8, 4) is 0 Å². The number of unbranched alkanes of at least 4 members (excludes halogenated alkanes) is 9. The SMILES string of the molecule is CCCCCCCCCCCCN1CCCC1C(C)=O. The highest BCUT2D eigenvalue weighted by Gasteiger charge is 2.26. The second-order valence-corrected chi connectivity index (χ2v) is 6.49. The summed E-state index contributed by atoms with van der Waals surface area (Å²) in [6.07, 6.45) is 16.2. The average Bonchev–Trinajstić information content (AvgIpc) is 2.89. The molecule has 0 bridgehead atoms. The van der Waals surface area contributed by atoms with Gasteiger partial charge in [-0.2, -0.15) is 0 Å². The lowest BCUT2D eigenvalue weighted by Gasteiger charge is -2.21. The summed E-state index contributed by atoms with van der Waals surface area (Å²) in [5, 5.41) is 0. The summed E-state index contributed by atoms with van der Waals surface area (Å²) in [5.74, 6) is 0.370. The van der Waals surface area contributed by atoms with Crippen LogP contribution >= 0.6 is 0 Å². The van der Waals surface area contributed by atoms with Gasteiger partial charge in [0.2, 0.25) is 0 Å². The second kappa shape index (κ2) is 11.3. The van der Waals surface area contributed by atoms with Crippen LogP contribution in [-0.4, -0.2) is 29.8 Å². The van der Waals surface area contributed by atoms with Crippen LogP contribution in [0.2, 0.25) is 0 Å². The van der Waals surface area contributed by atoms with Crippen LogP contribution in [-0.2, 0) is 4.79 Å². The molecule has 0 spiro atoms. The highest BCUT2D eigenvalue weighted by molar-refractivity contribution is 5.81. The molecule has 2 heteroatoms. The van der Waals surface area contributed by atoms with Crippen LogP contribution in [0.1, 0.15) is 90.9 Å². The van der Waals surface area contributed by atoms with Crippen LogP contribution < -0.4 is 0 Å². The van der Waals surface area contributed by atoms with Gasteiger partial charge in [0.05, 0.1) is 6.04 Å². The monoisotopic (exact) mass is 281 g/mol. The summed E-state index contributed by atoms with van der Waals surface area (Å²) in [5.41, 5.74) is 0. The number of carbonyl (C=O) groups excluding carboxylic acids is 1. The zero-order chi connectivity index (χ0) is 14.6. The number of rotatable bonds is 12. The Kier molecular flexibility index (Phi) is 10.00. The smallest absolute Gasteiger partial charge is 0.146 e. The van der Waals surface area contributed by atoms with E-state index in [1.54, 1.807) is 6.92 Å². The third-order valence-electron chi connectivity index (χ3n) is 4.63. The van der Waals surface area contributed by atoms with Crippen LogP contribution in [0.5, 0.6) is 0 Å². The molecule has 0 aromatic heterocycles. The minimum atomic E-state index is 0.244. The molecule has 0 N–H and O–H groups in total. The Balaban J connectivity index is 1.88. The maximum absolute atomic E-state index is 11.5. The Bertz CT molecular complexity index is 252. The lowest BCUT2D eigenvalue weighted by Crippen LogP contribution is -2.35. The quantitative estimate of drug-likeness (QED) is 0.471. The van der Waals surface area contributed by atoms with Gasteiger partial charge in [0.25, 0.3) is 0 Å². The first-order valence-corrected chi connectivity index (χ1v) is 9.00. The first kappa shape index (κ1) is 17.7. The maximum atomic E-state index is 11.5. The van der Waals surface area contributed by atoms with E-state index < -0.39 is 0 Å². The van der Waals surface area contributed by atoms with Gasteiger partial charge in [-0.3, -0.25) is 9.69 Å². The predicted molar refractivity (Wildman–Crippen MR) is 87.1 cm³/mol. The summed E-state index contributed by atoms with van der Waals surface area (Å²) >= 11 is 0. The van der Waals surface area contributed by atoms with Gasteiger partial charge < -0.3 is 0 Å². The first-order chi connectivity index (χ1) is 9.75. The molecule has 0 radical (unpaired) electrons. The van der Waals surface area contributed by atoms with Gasteiger partial charge in [0, 0.05) is 0 Å². The number of ketones is 1. The normalized spacial score (nSPS) is 19.6. The molecule has 1 aliphatic rings. The van der Waals surface area contributed by atoms with E-state index in [4.69, 9.17) is 0 Å². The van der Waals surface area contributed by atoms with Crippen molar-refractivity contribution in [2.75, 3.05) is 13.1 Å². The second-order valence-electron chi connectivity index (χ2n) is 6.49. The van der Waals surface area contributed by atoms with Crippen LogP contribution in [0.4, 0.5) is 0 Å². The van der Waals surface area contributed by atoms with Crippen molar-refractivity contribution in [1.82, 2.24) is 4.90 Å². The molecule has 0 aromatic rings. The molecule has 1 heterocycles. The van der Waals surface area contributed by atoms with Crippen molar-refractivity contribution >= 4 is 5.78 Å². The van der Waals surface area contributed by atoms with Crippen molar-refractivity contribution in [3.63, 3.8) is 0 Å². The predicted octanol–water partition coefficient (Wildman–Crippen LogP) is 4.96. The minimum Gasteiger partial charge on any atom is -0.298 e. The van der Waals surface area contributed by atoms with Crippen molar-refractivity contribution in [3.05, 3.63) is 0 Å². The molecule has 2 nitrogen and oxygen atoms in total. The fourth-order valence-corrected chi connectivity index (χ4v) is 3.36. The number of carbonyl (C=O) groups is 1. The summed E-state index contributed by atoms with van der Waals surface area (Å²) in [4.78, 5) is 13.9. The van der Waals surface area contributed by atoms with Gasteiger partial charge >= 0.3 is 0 Å². The van der Waals surface area contributed by atoms with E-state index in [-0.39, 0.29) is 6.04 Å². The van der Waals surface area contributed by atoms with Gasteiger partial charge in [0.1, 0.15) is 5.78 Å². The van der Waals surface area contributed by atoms with Gasteiger partial charge in [-0.1, -0.05) is 64.7 Å². The molecular formula is C18H35NO. The molecule has 1 unspecified atom stereocenters. The van der Waals surface area contributed by atoms with Crippen LogP contribution in [0.3, 0.4) is 0 Å². The van der Waals surface area contributed by atoms with Gasteiger partial charge in [-0.25, -0.2) is 0 Å². The Labute approximate surface area is 126 Å². The fraction of sp³-hybridized carbons (Fsp3) is 0.944. The topological polar surface area (TPSA) is 20.3 Å². The molecule has 0 aliphatic carbocycles. The number of nitrogens with zero attached hydrogens (tertiary/aromatic N) is 1. The molecule has 0 saturated carbocycles. The largest absolute Gasteiger partial charge is 0.298 e. The van der Waals surface area contributed by atoms with Crippen molar-refractivity contribution < 1.29 is 4.79 Å². The zero-order valence-electron chi connectivity index (χ0n) is 13.8. The number of hydrogen-bond donors (Lipinski definition) is 0. The van der Waals surface area contributed by atoms with Crippen molar-refractivity contribution in [2.24, 2.45) is 0 Å². The number of likely N-dealkylation sites (tertiary alicyclic amines) is 1. The molecule has 1 fully saturated rings. The molecule has 1 aliphatic heterocycles. The average molecular weight is 281 g/mol. The lowest BCUT2D eigenvalue weighted by atomic mass is 10.1. The van der Waals surface area contributed by atoms with E-state index in [1.165, 1.54) is 70.6 Å². The van der Waals surface area contributed by atoms with Crippen LogP contribution in [0.15, 0.2) is 0 Å². The molecule has 0 amide bonds. The molecule has 0 aromatic carbocycles. The van der Waals surface area contributed by atoms with E-state index >= 15 is 0 Å². The van der Waals surface area contributed by atoms with E-state index in [0.29, 0.717) is 5.78 Å². The number of Topliss-reactive ketones (excluding diaryl/α,β-unsaturated/α-hetero) is 1. The highest BCUT2D eigenvalue weighted by Crippen LogP contribution is 2.19. The highest BCUT2D eigenvalue weighted by atomic mass is 16.1. The number of hydrogen-bond acceptors (Lipinski definition) is 2. The molecule has 118 valence electrons. The molecular weight excluding hydrogens is 246 g/mol. The molecule has 1 atom stereocenters. The zero-order valence-corrected chi connectivity index (χ0v) is 13.8. The maximum Gasteiger partial charge on any atom is 0.146 e. The molecule has 20 heavy (non-hydrogen) atoms. The lowest BCUT2D eigenvalue weighted by molar-refractivity contribution is -0.121. The van der Waals surface area contributed by atoms with Gasteiger partial charge in [-0.15, -0.1) is 0 Å². The van der Waals surface area contributed by atoms with E-state index in [0.717, 1.165) is 19.5 Å². The fourth-order valence-electron chi connectivity index (χ4n) is 3.36. The summed E-state index contributed by atoms with van der Waals surface area (Å²) in [6.45, 7) is 6.31.